The molecule has 0 radical (unpaired) electrons. The summed E-state index contributed by atoms with van der Waals surface area (Å²) in [6.45, 7) is 8.30. The molecular weight excluding hydrogens is 172 g/mol. The summed E-state index contributed by atoms with van der Waals surface area (Å²) in [4.78, 5) is 21.6. The van der Waals surface area contributed by atoms with Crippen molar-refractivity contribution in [2.75, 3.05) is 6.61 Å². The third-order valence-corrected chi connectivity index (χ3v) is 1.37. The molecule has 4 heteroatoms. The molecule has 1 unspecified atom stereocenters. The number of carbonyl (C=O) groups excluding carboxylic acids is 2. The van der Waals surface area contributed by atoms with Crippen LogP contribution in [-0.2, 0) is 19.1 Å². The van der Waals surface area contributed by atoms with Gasteiger partial charge in [0.05, 0.1) is 12.2 Å². The average molecular weight is 186 g/mol. The van der Waals surface area contributed by atoms with Crippen LogP contribution in [0.4, 0.5) is 0 Å². The van der Waals surface area contributed by atoms with E-state index >= 15 is 0 Å². The lowest BCUT2D eigenvalue weighted by Crippen LogP contribution is -2.21. The average Bonchev–Trinajstić information content (AvgIpc) is 2.02. The molecule has 0 spiro atoms. The fourth-order valence-corrected chi connectivity index (χ4v) is 0.710. The molecule has 0 aliphatic heterocycles. The van der Waals surface area contributed by atoms with E-state index in [2.05, 4.69) is 11.3 Å². The van der Waals surface area contributed by atoms with E-state index in [1.54, 1.807) is 13.8 Å². The molecule has 0 aliphatic rings. The number of hydrogen-bond donors (Lipinski definition) is 0. The van der Waals surface area contributed by atoms with Gasteiger partial charge >= 0.3 is 11.9 Å². The highest BCUT2D eigenvalue weighted by molar-refractivity contribution is 5.89. The molecule has 74 valence electrons. The zero-order chi connectivity index (χ0) is 10.4. The molecule has 0 amide bonds. The molecule has 0 heterocycles. The summed E-state index contributed by atoms with van der Waals surface area (Å²) in [5.74, 6) is -0.978. The molecule has 0 saturated carbocycles. The number of rotatable bonds is 4. The Balaban J connectivity index is 4.09. The van der Waals surface area contributed by atoms with Gasteiger partial charge in [0.2, 0.25) is 0 Å². The van der Waals surface area contributed by atoms with Crippen LogP contribution in [0, 0.1) is 0 Å². The van der Waals surface area contributed by atoms with Gasteiger partial charge in [0.1, 0.15) is 6.10 Å². The van der Waals surface area contributed by atoms with E-state index in [0.717, 1.165) is 0 Å². The SMILES string of the molecule is C=C(C(=O)OCC)C(C)OC(C)=O. The Labute approximate surface area is 77.5 Å². The summed E-state index contributed by atoms with van der Waals surface area (Å²) in [7, 11) is 0. The zero-order valence-corrected chi connectivity index (χ0v) is 8.12. The fourth-order valence-electron chi connectivity index (χ4n) is 0.710. The Kier molecular flexibility index (Phi) is 4.80. The number of carbonyl (C=O) groups is 2. The molecule has 0 aromatic carbocycles. The first kappa shape index (κ1) is 11.7. The Hall–Kier alpha value is -1.32. The lowest BCUT2D eigenvalue weighted by atomic mass is 10.2. The monoisotopic (exact) mass is 186 g/mol. The molecule has 0 N–H and O–H groups in total. The highest BCUT2D eigenvalue weighted by Crippen LogP contribution is 2.06. The number of hydrogen-bond acceptors (Lipinski definition) is 4. The minimum absolute atomic E-state index is 0.150. The zero-order valence-electron chi connectivity index (χ0n) is 8.12. The molecule has 0 rings (SSSR count). The van der Waals surface area contributed by atoms with Crippen LogP contribution in [0.25, 0.3) is 0 Å². The second kappa shape index (κ2) is 5.35. The van der Waals surface area contributed by atoms with Gasteiger partial charge in [-0.2, -0.15) is 0 Å². The van der Waals surface area contributed by atoms with Crippen LogP contribution >= 0.6 is 0 Å². The molecule has 1 atom stereocenters. The van der Waals surface area contributed by atoms with Crippen LogP contribution in [0.3, 0.4) is 0 Å². The lowest BCUT2D eigenvalue weighted by Gasteiger charge is -2.12. The maximum Gasteiger partial charge on any atom is 0.337 e. The first-order chi connectivity index (χ1) is 5.99. The van der Waals surface area contributed by atoms with E-state index in [1.165, 1.54) is 6.92 Å². The van der Waals surface area contributed by atoms with Gasteiger partial charge in [-0.15, -0.1) is 0 Å². The van der Waals surface area contributed by atoms with Gasteiger partial charge in [0.15, 0.2) is 0 Å². The summed E-state index contributed by atoms with van der Waals surface area (Å²) in [5, 5.41) is 0. The maximum absolute atomic E-state index is 11.1. The van der Waals surface area contributed by atoms with Gasteiger partial charge in [-0.3, -0.25) is 4.79 Å². The Morgan fingerprint density at radius 1 is 1.46 bits per heavy atom. The second-order valence-corrected chi connectivity index (χ2v) is 2.50. The van der Waals surface area contributed by atoms with Crippen molar-refractivity contribution in [3.63, 3.8) is 0 Å². The van der Waals surface area contributed by atoms with Crippen molar-refractivity contribution in [1.29, 1.82) is 0 Å². The highest BCUT2D eigenvalue weighted by Gasteiger charge is 2.17. The van der Waals surface area contributed by atoms with Gasteiger partial charge in [-0.1, -0.05) is 6.58 Å². The van der Waals surface area contributed by atoms with Crippen LogP contribution in [0.2, 0.25) is 0 Å². The molecular formula is C9H14O4. The molecule has 0 fully saturated rings. The van der Waals surface area contributed by atoms with Crippen molar-refractivity contribution in [3.8, 4) is 0 Å². The number of esters is 2. The third-order valence-electron chi connectivity index (χ3n) is 1.37. The van der Waals surface area contributed by atoms with E-state index in [-0.39, 0.29) is 12.2 Å². The minimum Gasteiger partial charge on any atom is -0.463 e. The van der Waals surface area contributed by atoms with Gasteiger partial charge in [-0.25, -0.2) is 4.79 Å². The van der Waals surface area contributed by atoms with Gasteiger partial charge in [0, 0.05) is 6.92 Å². The Morgan fingerprint density at radius 3 is 2.38 bits per heavy atom. The van der Waals surface area contributed by atoms with Crippen LogP contribution < -0.4 is 0 Å². The smallest absolute Gasteiger partial charge is 0.337 e. The van der Waals surface area contributed by atoms with Crippen molar-refractivity contribution >= 4 is 11.9 Å². The van der Waals surface area contributed by atoms with E-state index in [0.29, 0.717) is 0 Å². The van der Waals surface area contributed by atoms with Crippen molar-refractivity contribution in [2.24, 2.45) is 0 Å². The summed E-state index contributed by atoms with van der Waals surface area (Å²) >= 11 is 0. The van der Waals surface area contributed by atoms with Crippen LogP contribution in [0.15, 0.2) is 12.2 Å². The molecule has 0 aromatic heterocycles. The molecule has 0 saturated heterocycles. The van der Waals surface area contributed by atoms with E-state index < -0.39 is 18.0 Å². The topological polar surface area (TPSA) is 52.6 Å². The van der Waals surface area contributed by atoms with Crippen LogP contribution in [0.5, 0.6) is 0 Å². The third kappa shape index (κ3) is 4.30. The Morgan fingerprint density at radius 2 is 2.00 bits per heavy atom. The van der Waals surface area contributed by atoms with Gasteiger partial charge in [0.25, 0.3) is 0 Å². The van der Waals surface area contributed by atoms with Gasteiger partial charge in [-0.05, 0) is 13.8 Å². The van der Waals surface area contributed by atoms with E-state index in [4.69, 9.17) is 4.74 Å². The van der Waals surface area contributed by atoms with Crippen molar-refractivity contribution in [3.05, 3.63) is 12.2 Å². The summed E-state index contributed by atoms with van der Waals surface area (Å²) in [6.07, 6.45) is -0.628. The normalized spacial score (nSPS) is 11.6. The first-order valence-corrected chi connectivity index (χ1v) is 4.02. The molecule has 4 nitrogen and oxygen atoms in total. The quantitative estimate of drug-likeness (QED) is 0.486. The number of ether oxygens (including phenoxy) is 2. The molecule has 0 aromatic rings. The van der Waals surface area contributed by atoms with Gasteiger partial charge < -0.3 is 9.47 Å². The van der Waals surface area contributed by atoms with Crippen LogP contribution in [-0.4, -0.2) is 24.6 Å². The van der Waals surface area contributed by atoms with Crippen LogP contribution in [0.1, 0.15) is 20.8 Å². The predicted octanol–water partition coefficient (Wildman–Crippen LogP) is 1.06. The summed E-state index contributed by atoms with van der Waals surface area (Å²) < 4.78 is 9.42. The minimum atomic E-state index is -0.628. The fraction of sp³-hybridized carbons (Fsp3) is 0.556. The van der Waals surface area contributed by atoms with E-state index in [9.17, 15) is 9.59 Å². The summed E-state index contributed by atoms with van der Waals surface area (Å²) in [6, 6.07) is 0. The second-order valence-electron chi connectivity index (χ2n) is 2.50. The maximum atomic E-state index is 11.1. The largest absolute Gasteiger partial charge is 0.463 e. The van der Waals surface area contributed by atoms with Crippen molar-refractivity contribution in [2.45, 2.75) is 26.9 Å². The molecule has 0 aliphatic carbocycles. The first-order valence-electron chi connectivity index (χ1n) is 4.02. The molecule has 0 bridgehead atoms. The summed E-state index contributed by atoms with van der Waals surface area (Å²) in [5.41, 5.74) is 0.150. The highest BCUT2D eigenvalue weighted by atomic mass is 16.6. The van der Waals surface area contributed by atoms with E-state index in [1.807, 2.05) is 0 Å². The predicted molar refractivity (Wildman–Crippen MR) is 47.0 cm³/mol. The standard InChI is InChI=1S/C9H14O4/c1-5-12-9(11)6(2)7(3)13-8(4)10/h7H,2,5H2,1,3-4H3. The lowest BCUT2D eigenvalue weighted by molar-refractivity contribution is -0.146. The van der Waals surface area contributed by atoms with Crippen molar-refractivity contribution < 1.29 is 19.1 Å². The molecule has 13 heavy (non-hydrogen) atoms. The van der Waals surface area contributed by atoms with Crippen molar-refractivity contribution in [1.82, 2.24) is 0 Å². The Bertz CT molecular complexity index is 220.